The first-order valence-corrected chi connectivity index (χ1v) is 7.71. The van der Waals surface area contributed by atoms with Crippen molar-refractivity contribution in [1.82, 2.24) is 5.32 Å². The van der Waals surface area contributed by atoms with Gasteiger partial charge in [-0.25, -0.2) is 0 Å². The van der Waals surface area contributed by atoms with Crippen LogP contribution in [-0.4, -0.2) is 5.91 Å². The fraction of sp³-hybridized carbons (Fsp3) is 0.235. The van der Waals surface area contributed by atoms with Gasteiger partial charge < -0.3 is 11.1 Å². The van der Waals surface area contributed by atoms with Gasteiger partial charge in [0.05, 0.1) is 12.5 Å². The van der Waals surface area contributed by atoms with Crippen molar-refractivity contribution in [1.29, 1.82) is 0 Å². The Hall–Kier alpha value is -1.65. The van der Waals surface area contributed by atoms with Crippen LogP contribution in [0, 0.1) is 0 Å². The molecule has 0 aliphatic carbocycles. The van der Waals surface area contributed by atoms with Crippen LogP contribution >= 0.6 is 15.9 Å². The van der Waals surface area contributed by atoms with Crippen molar-refractivity contribution in [3.05, 3.63) is 69.7 Å². The van der Waals surface area contributed by atoms with Gasteiger partial charge in [-0.15, -0.1) is 0 Å². The zero-order valence-corrected chi connectivity index (χ0v) is 13.6. The Bertz CT molecular complexity index is 628. The van der Waals surface area contributed by atoms with Gasteiger partial charge in [-0.05, 0) is 35.7 Å². The SMILES string of the molecule is CC(NC(=O)Cc1ccccc1CN)c1cccc(Br)c1. The number of hydrogen-bond donors (Lipinski definition) is 2. The molecule has 0 aromatic heterocycles. The summed E-state index contributed by atoms with van der Waals surface area (Å²) in [4.78, 5) is 12.2. The van der Waals surface area contributed by atoms with Crippen LogP contribution in [0.5, 0.6) is 0 Å². The predicted octanol–water partition coefficient (Wildman–Crippen LogP) is 3.33. The van der Waals surface area contributed by atoms with Crippen LogP contribution in [0.15, 0.2) is 53.0 Å². The van der Waals surface area contributed by atoms with Crippen LogP contribution in [0.4, 0.5) is 0 Å². The quantitative estimate of drug-likeness (QED) is 0.872. The molecule has 0 saturated heterocycles. The number of amides is 1. The molecule has 0 bridgehead atoms. The summed E-state index contributed by atoms with van der Waals surface area (Å²) in [6.07, 6.45) is 0.353. The molecule has 0 aliphatic heterocycles. The van der Waals surface area contributed by atoms with E-state index < -0.39 is 0 Å². The summed E-state index contributed by atoms with van der Waals surface area (Å²) in [5.74, 6) is 0.00313. The first kappa shape index (κ1) is 15.7. The molecule has 0 heterocycles. The molecule has 21 heavy (non-hydrogen) atoms. The van der Waals surface area contributed by atoms with Crippen molar-refractivity contribution < 1.29 is 4.79 Å². The molecule has 0 fully saturated rings. The molecular formula is C17H19BrN2O. The van der Waals surface area contributed by atoms with Crippen LogP contribution < -0.4 is 11.1 Å². The summed E-state index contributed by atoms with van der Waals surface area (Å²) in [5.41, 5.74) is 8.77. The number of carbonyl (C=O) groups excluding carboxylic acids is 1. The lowest BCUT2D eigenvalue weighted by molar-refractivity contribution is -0.121. The highest BCUT2D eigenvalue weighted by molar-refractivity contribution is 9.10. The third-order valence-electron chi connectivity index (χ3n) is 3.42. The average Bonchev–Trinajstić information content (AvgIpc) is 2.47. The van der Waals surface area contributed by atoms with Gasteiger partial charge >= 0.3 is 0 Å². The topological polar surface area (TPSA) is 55.1 Å². The lowest BCUT2D eigenvalue weighted by Gasteiger charge is -2.15. The van der Waals surface area contributed by atoms with E-state index in [0.29, 0.717) is 13.0 Å². The van der Waals surface area contributed by atoms with Gasteiger partial charge in [0, 0.05) is 11.0 Å². The van der Waals surface area contributed by atoms with E-state index in [1.807, 2.05) is 55.5 Å². The lowest BCUT2D eigenvalue weighted by atomic mass is 10.0. The number of benzene rings is 2. The van der Waals surface area contributed by atoms with E-state index in [2.05, 4.69) is 21.2 Å². The van der Waals surface area contributed by atoms with Crippen molar-refractivity contribution in [2.75, 3.05) is 0 Å². The smallest absolute Gasteiger partial charge is 0.224 e. The second kappa shape index (κ2) is 7.38. The van der Waals surface area contributed by atoms with Gasteiger partial charge in [-0.3, -0.25) is 4.79 Å². The molecule has 110 valence electrons. The molecule has 0 spiro atoms. The lowest BCUT2D eigenvalue weighted by Crippen LogP contribution is -2.28. The molecule has 0 aliphatic rings. The van der Waals surface area contributed by atoms with Crippen LogP contribution in [0.2, 0.25) is 0 Å². The van der Waals surface area contributed by atoms with Crippen LogP contribution in [0.3, 0.4) is 0 Å². The second-order valence-corrected chi connectivity index (χ2v) is 5.91. The summed E-state index contributed by atoms with van der Waals surface area (Å²) in [5, 5.41) is 3.02. The normalized spacial score (nSPS) is 12.0. The van der Waals surface area contributed by atoms with Gasteiger partial charge in [-0.2, -0.15) is 0 Å². The molecular weight excluding hydrogens is 328 g/mol. The van der Waals surface area contributed by atoms with E-state index in [0.717, 1.165) is 21.2 Å². The van der Waals surface area contributed by atoms with Crippen molar-refractivity contribution in [2.24, 2.45) is 5.73 Å². The maximum atomic E-state index is 12.2. The molecule has 4 heteroatoms. The zero-order valence-electron chi connectivity index (χ0n) is 12.0. The fourth-order valence-corrected chi connectivity index (χ4v) is 2.67. The van der Waals surface area contributed by atoms with Gasteiger partial charge in [0.1, 0.15) is 0 Å². The number of hydrogen-bond acceptors (Lipinski definition) is 2. The number of rotatable bonds is 5. The number of carbonyl (C=O) groups is 1. The van der Waals surface area contributed by atoms with E-state index in [4.69, 9.17) is 5.73 Å². The summed E-state index contributed by atoms with van der Waals surface area (Å²) in [6.45, 7) is 2.43. The minimum atomic E-state index is -0.0277. The van der Waals surface area contributed by atoms with Crippen molar-refractivity contribution >= 4 is 21.8 Å². The highest BCUT2D eigenvalue weighted by Gasteiger charge is 2.11. The summed E-state index contributed by atoms with van der Waals surface area (Å²) in [6, 6.07) is 15.7. The fourth-order valence-electron chi connectivity index (χ4n) is 2.25. The van der Waals surface area contributed by atoms with Crippen LogP contribution in [0.25, 0.3) is 0 Å². The van der Waals surface area contributed by atoms with E-state index in [-0.39, 0.29) is 11.9 Å². The molecule has 0 saturated carbocycles. The molecule has 2 aromatic carbocycles. The minimum absolute atomic E-state index is 0.00313. The average molecular weight is 347 g/mol. The Labute approximate surface area is 133 Å². The van der Waals surface area contributed by atoms with E-state index in [1.54, 1.807) is 0 Å². The van der Waals surface area contributed by atoms with Crippen molar-refractivity contribution in [3.8, 4) is 0 Å². The summed E-state index contributed by atoms with van der Waals surface area (Å²) in [7, 11) is 0. The number of nitrogens with one attached hydrogen (secondary N) is 1. The molecule has 2 aromatic rings. The van der Waals surface area contributed by atoms with Gasteiger partial charge in [-0.1, -0.05) is 52.3 Å². The molecule has 0 radical (unpaired) electrons. The van der Waals surface area contributed by atoms with Crippen molar-refractivity contribution in [3.63, 3.8) is 0 Å². The maximum absolute atomic E-state index is 12.2. The third kappa shape index (κ3) is 4.41. The Balaban J connectivity index is 2.01. The van der Waals surface area contributed by atoms with E-state index >= 15 is 0 Å². The summed E-state index contributed by atoms with van der Waals surface area (Å²) < 4.78 is 1.01. The standard InChI is InChI=1S/C17H19BrN2O/c1-12(13-7-4-8-16(18)9-13)20-17(21)10-14-5-2-3-6-15(14)11-19/h2-9,12H,10-11,19H2,1H3,(H,20,21). The van der Waals surface area contributed by atoms with Crippen LogP contribution in [-0.2, 0) is 17.8 Å². The molecule has 1 atom stereocenters. The molecule has 2 rings (SSSR count). The molecule has 1 unspecified atom stereocenters. The number of halogens is 1. The molecule has 1 amide bonds. The zero-order chi connectivity index (χ0) is 15.2. The Morgan fingerprint density at radius 1 is 1.19 bits per heavy atom. The maximum Gasteiger partial charge on any atom is 0.224 e. The molecule has 3 nitrogen and oxygen atoms in total. The van der Waals surface area contributed by atoms with Crippen molar-refractivity contribution in [2.45, 2.75) is 25.9 Å². The van der Waals surface area contributed by atoms with Crippen LogP contribution in [0.1, 0.15) is 29.7 Å². The minimum Gasteiger partial charge on any atom is -0.349 e. The Morgan fingerprint density at radius 3 is 2.57 bits per heavy atom. The molecule has 3 N–H and O–H groups in total. The Morgan fingerprint density at radius 2 is 1.90 bits per heavy atom. The van der Waals surface area contributed by atoms with E-state index in [9.17, 15) is 4.79 Å². The third-order valence-corrected chi connectivity index (χ3v) is 3.91. The first-order valence-electron chi connectivity index (χ1n) is 6.92. The van der Waals surface area contributed by atoms with Gasteiger partial charge in [0.25, 0.3) is 0 Å². The first-order chi connectivity index (χ1) is 10.1. The van der Waals surface area contributed by atoms with E-state index in [1.165, 1.54) is 0 Å². The Kier molecular flexibility index (Phi) is 5.53. The summed E-state index contributed by atoms with van der Waals surface area (Å²) >= 11 is 3.44. The van der Waals surface area contributed by atoms with Gasteiger partial charge in [0.2, 0.25) is 5.91 Å². The number of nitrogens with two attached hydrogens (primary N) is 1. The second-order valence-electron chi connectivity index (χ2n) is 4.99. The highest BCUT2D eigenvalue weighted by atomic mass is 79.9. The largest absolute Gasteiger partial charge is 0.349 e. The van der Waals surface area contributed by atoms with Gasteiger partial charge in [0.15, 0.2) is 0 Å². The predicted molar refractivity (Wildman–Crippen MR) is 88.7 cm³/mol. The monoisotopic (exact) mass is 346 g/mol. The highest BCUT2D eigenvalue weighted by Crippen LogP contribution is 2.18.